The first-order chi connectivity index (χ1) is 12.0. The van der Waals surface area contributed by atoms with Gasteiger partial charge in [-0.05, 0) is 33.1 Å². The second-order valence-corrected chi connectivity index (χ2v) is 8.44. The minimum atomic E-state index is -3.37. The Hall–Kier alpha value is 0.0700. The summed E-state index contributed by atoms with van der Waals surface area (Å²) in [5.41, 5.74) is 0. The first-order valence-electron chi connectivity index (χ1n) is 10.4. The summed E-state index contributed by atoms with van der Waals surface area (Å²) in [5, 5.41) is 0. The van der Waals surface area contributed by atoms with Crippen molar-refractivity contribution in [3.8, 4) is 0 Å². The molecule has 5 nitrogen and oxygen atoms in total. The highest BCUT2D eigenvalue weighted by Gasteiger charge is 2.28. The van der Waals surface area contributed by atoms with E-state index in [2.05, 4.69) is 20.8 Å². The van der Waals surface area contributed by atoms with Crippen molar-refractivity contribution in [1.82, 2.24) is 0 Å². The van der Waals surface area contributed by atoms with Gasteiger partial charge in [0, 0.05) is 6.42 Å². The van der Waals surface area contributed by atoms with E-state index in [1.165, 1.54) is 62.6 Å². The molecule has 0 amide bonds. The van der Waals surface area contributed by atoms with Crippen molar-refractivity contribution in [3.05, 3.63) is 0 Å². The van der Waals surface area contributed by atoms with Crippen molar-refractivity contribution in [3.63, 3.8) is 0 Å². The third-order valence-corrected chi connectivity index (χ3v) is 6.21. The van der Waals surface area contributed by atoms with Crippen LogP contribution < -0.4 is 0 Å². The zero-order valence-corrected chi connectivity index (χ0v) is 18.3. The molecule has 0 aromatic rings. The highest BCUT2D eigenvalue weighted by Crippen LogP contribution is 2.49. The van der Waals surface area contributed by atoms with Gasteiger partial charge in [0.05, 0.1) is 46.0 Å². The van der Waals surface area contributed by atoms with Crippen molar-refractivity contribution in [2.75, 3.05) is 46.0 Å². The Balaban J connectivity index is 4.67. The molecule has 0 spiro atoms. The number of unbranched alkanes of at least 4 members (excludes halogenated alkanes) is 3. The molecule has 0 saturated heterocycles. The standard InChI is InChI=1S/C19H43NO4P/c1-6-11-15-20(16-12-7-2,17-13-8-3)18-14-19-24-25(21,22-9-4)23-10-5/h6-19H2,1-5H3/q+1. The maximum absolute atomic E-state index is 12.4. The molecule has 0 unspecified atom stereocenters. The molecular formula is C19H43NO4P+. The Bertz CT molecular complexity index is 321. The number of quaternary nitrogens is 1. The molecule has 0 radical (unpaired) electrons. The van der Waals surface area contributed by atoms with Crippen molar-refractivity contribution >= 4 is 7.82 Å². The van der Waals surface area contributed by atoms with Crippen LogP contribution in [0.4, 0.5) is 0 Å². The molecule has 6 heteroatoms. The fourth-order valence-electron chi connectivity index (χ4n) is 3.16. The summed E-state index contributed by atoms with van der Waals surface area (Å²) in [6, 6.07) is 0. The summed E-state index contributed by atoms with van der Waals surface area (Å²) in [6.45, 7) is 16.3. The van der Waals surface area contributed by atoms with Crippen LogP contribution in [0.25, 0.3) is 0 Å². The van der Waals surface area contributed by atoms with Gasteiger partial charge >= 0.3 is 7.82 Å². The van der Waals surface area contributed by atoms with E-state index in [0.29, 0.717) is 19.8 Å². The van der Waals surface area contributed by atoms with Gasteiger partial charge in [0.2, 0.25) is 0 Å². The smallest absolute Gasteiger partial charge is 0.324 e. The molecule has 0 fully saturated rings. The Labute approximate surface area is 156 Å². The van der Waals surface area contributed by atoms with Crippen LogP contribution in [0, 0.1) is 0 Å². The minimum Gasteiger partial charge on any atom is -0.324 e. The monoisotopic (exact) mass is 380 g/mol. The number of rotatable bonds is 18. The second-order valence-electron chi connectivity index (χ2n) is 6.77. The molecule has 0 aliphatic rings. The van der Waals surface area contributed by atoms with Crippen LogP contribution in [0.3, 0.4) is 0 Å². The summed E-state index contributed by atoms with van der Waals surface area (Å²) in [6.07, 6.45) is 8.40. The number of phosphoric ester groups is 1. The highest BCUT2D eigenvalue weighted by molar-refractivity contribution is 7.48. The van der Waals surface area contributed by atoms with Crippen LogP contribution in [0.1, 0.15) is 79.6 Å². The summed E-state index contributed by atoms with van der Waals surface area (Å²) < 4.78 is 29.5. The normalized spacial score (nSPS) is 12.7. The van der Waals surface area contributed by atoms with E-state index >= 15 is 0 Å². The van der Waals surface area contributed by atoms with E-state index in [1.54, 1.807) is 13.8 Å². The molecule has 25 heavy (non-hydrogen) atoms. The Kier molecular flexibility index (Phi) is 15.2. The largest absolute Gasteiger partial charge is 0.474 e. The number of nitrogens with zero attached hydrogens (tertiary/aromatic N) is 1. The zero-order chi connectivity index (χ0) is 19.0. The van der Waals surface area contributed by atoms with Crippen LogP contribution in [0.5, 0.6) is 0 Å². The van der Waals surface area contributed by atoms with Gasteiger partial charge in [-0.3, -0.25) is 13.6 Å². The van der Waals surface area contributed by atoms with Crippen LogP contribution >= 0.6 is 7.82 Å². The van der Waals surface area contributed by atoms with Crippen LogP contribution in [-0.2, 0) is 18.1 Å². The Morgan fingerprint density at radius 1 is 0.640 bits per heavy atom. The maximum Gasteiger partial charge on any atom is 0.474 e. The first-order valence-corrected chi connectivity index (χ1v) is 11.9. The lowest BCUT2D eigenvalue weighted by Gasteiger charge is -2.39. The van der Waals surface area contributed by atoms with Crippen molar-refractivity contribution in [2.45, 2.75) is 79.6 Å². The van der Waals surface area contributed by atoms with E-state index in [4.69, 9.17) is 13.6 Å². The van der Waals surface area contributed by atoms with E-state index in [9.17, 15) is 4.57 Å². The lowest BCUT2D eigenvalue weighted by atomic mass is 10.1. The second kappa shape index (κ2) is 15.2. The van der Waals surface area contributed by atoms with Gasteiger partial charge in [0.15, 0.2) is 0 Å². The maximum atomic E-state index is 12.4. The predicted octanol–water partition coefficient (Wildman–Crippen LogP) is 5.79. The van der Waals surface area contributed by atoms with Gasteiger partial charge in [0.25, 0.3) is 0 Å². The molecule has 0 bridgehead atoms. The molecule has 0 aromatic heterocycles. The van der Waals surface area contributed by atoms with Gasteiger partial charge < -0.3 is 4.48 Å². The third kappa shape index (κ3) is 11.4. The summed E-state index contributed by atoms with van der Waals surface area (Å²) in [7, 11) is -3.37. The molecule has 152 valence electrons. The fourth-order valence-corrected chi connectivity index (χ4v) is 4.36. The first kappa shape index (κ1) is 25.1. The molecule has 0 atom stereocenters. The van der Waals surface area contributed by atoms with Gasteiger partial charge in [-0.2, -0.15) is 0 Å². The minimum absolute atomic E-state index is 0.334. The zero-order valence-electron chi connectivity index (χ0n) is 17.4. The molecule has 0 rings (SSSR count). The fraction of sp³-hybridized carbons (Fsp3) is 1.00. The lowest BCUT2D eigenvalue weighted by molar-refractivity contribution is -0.929. The van der Waals surface area contributed by atoms with Crippen LogP contribution in [0.2, 0.25) is 0 Å². The predicted molar refractivity (Wildman–Crippen MR) is 106 cm³/mol. The molecule has 0 aromatic carbocycles. The number of phosphoric acid groups is 1. The molecule has 0 aliphatic heterocycles. The summed E-state index contributed by atoms with van der Waals surface area (Å²) in [5.74, 6) is 0. The van der Waals surface area contributed by atoms with Crippen molar-refractivity contribution in [1.29, 1.82) is 0 Å². The number of hydrogen-bond acceptors (Lipinski definition) is 4. The van der Waals surface area contributed by atoms with Crippen LogP contribution in [-0.4, -0.2) is 50.5 Å². The average Bonchev–Trinajstić information content (AvgIpc) is 2.60. The van der Waals surface area contributed by atoms with Gasteiger partial charge in [0.1, 0.15) is 0 Å². The topological polar surface area (TPSA) is 44.8 Å². The summed E-state index contributed by atoms with van der Waals surface area (Å²) in [4.78, 5) is 0. The van der Waals surface area contributed by atoms with Crippen LogP contribution in [0.15, 0.2) is 0 Å². The molecule has 0 saturated carbocycles. The van der Waals surface area contributed by atoms with E-state index in [0.717, 1.165) is 13.0 Å². The van der Waals surface area contributed by atoms with E-state index < -0.39 is 7.82 Å². The van der Waals surface area contributed by atoms with E-state index in [1.807, 2.05) is 0 Å². The molecule has 0 aliphatic carbocycles. The number of hydrogen-bond donors (Lipinski definition) is 0. The van der Waals surface area contributed by atoms with Crippen molar-refractivity contribution in [2.24, 2.45) is 0 Å². The lowest BCUT2D eigenvalue weighted by Crippen LogP contribution is -2.51. The van der Waals surface area contributed by atoms with Gasteiger partial charge in [-0.1, -0.05) is 40.0 Å². The van der Waals surface area contributed by atoms with Crippen molar-refractivity contribution < 1.29 is 22.6 Å². The molecular weight excluding hydrogens is 337 g/mol. The molecule has 0 heterocycles. The highest BCUT2D eigenvalue weighted by atomic mass is 31.2. The van der Waals surface area contributed by atoms with E-state index in [-0.39, 0.29) is 0 Å². The molecule has 0 N–H and O–H groups in total. The Morgan fingerprint density at radius 3 is 1.40 bits per heavy atom. The Morgan fingerprint density at radius 2 is 1.04 bits per heavy atom. The third-order valence-electron chi connectivity index (χ3n) is 4.56. The average molecular weight is 381 g/mol. The quantitative estimate of drug-likeness (QED) is 0.171. The van der Waals surface area contributed by atoms with Gasteiger partial charge in [-0.15, -0.1) is 0 Å². The van der Waals surface area contributed by atoms with Gasteiger partial charge in [-0.25, -0.2) is 4.57 Å². The summed E-state index contributed by atoms with van der Waals surface area (Å²) >= 11 is 0. The SMILES string of the molecule is CCCC[N+](CCCC)(CCCC)CCCOP(=O)(OCC)OCC.